The van der Waals surface area contributed by atoms with Crippen LogP contribution in [0.3, 0.4) is 0 Å². The first-order valence-corrected chi connectivity index (χ1v) is 8.34. The molecule has 1 heterocycles. The summed E-state index contributed by atoms with van der Waals surface area (Å²) in [5.41, 5.74) is 1.33. The average Bonchev–Trinajstić information content (AvgIpc) is 2.74. The molecule has 0 aliphatic heterocycles. The van der Waals surface area contributed by atoms with E-state index in [4.69, 9.17) is 0 Å². The van der Waals surface area contributed by atoms with Crippen molar-refractivity contribution in [3.05, 3.63) is 16.4 Å². The van der Waals surface area contributed by atoms with Crippen molar-refractivity contribution in [2.24, 2.45) is 0 Å². The summed E-state index contributed by atoms with van der Waals surface area (Å²) in [5.74, 6) is 0. The molecule has 1 atom stereocenters. The monoisotopic (exact) mass is 329 g/mol. The Hall–Kier alpha value is -0.350. The van der Waals surface area contributed by atoms with Crippen molar-refractivity contribution >= 4 is 15.9 Å². The van der Waals surface area contributed by atoms with Gasteiger partial charge < -0.3 is 5.32 Å². The molecule has 0 aromatic carbocycles. The van der Waals surface area contributed by atoms with Crippen LogP contribution < -0.4 is 5.32 Å². The highest BCUT2D eigenvalue weighted by Gasteiger charge is 2.14. The van der Waals surface area contributed by atoms with Gasteiger partial charge in [0, 0.05) is 12.1 Å². The topological polar surface area (TPSA) is 29.9 Å². The van der Waals surface area contributed by atoms with E-state index in [1.807, 2.05) is 6.20 Å². The quantitative estimate of drug-likeness (QED) is 0.730. The molecule has 0 amide bonds. The van der Waals surface area contributed by atoms with Crippen LogP contribution in [0.15, 0.2) is 10.7 Å². The Bertz CT molecular complexity index is 360. The molecule has 0 bridgehead atoms. The lowest BCUT2D eigenvalue weighted by atomic mass is 10.0. The minimum atomic E-state index is 0.425. The fraction of sp³-hybridized carbons (Fsp3) is 0.800. The summed E-state index contributed by atoms with van der Waals surface area (Å²) in [4.78, 5) is 0. The predicted molar refractivity (Wildman–Crippen MR) is 85.6 cm³/mol. The molecule has 0 saturated carbocycles. The molecule has 0 aliphatic rings. The van der Waals surface area contributed by atoms with Crippen LogP contribution in [0.25, 0.3) is 0 Å². The Kier molecular flexibility index (Phi) is 7.69. The standard InChI is InChI=1S/C15H28BrN3/c1-5-7-13(17-10-6-2)8-9-15-14(16)11-18-19(15)12(3)4/h11-13,17H,5-10H2,1-4H3. The first-order chi connectivity index (χ1) is 9.10. The number of rotatable bonds is 9. The normalized spacial score (nSPS) is 13.2. The Morgan fingerprint density at radius 1 is 1.26 bits per heavy atom. The van der Waals surface area contributed by atoms with Gasteiger partial charge in [0.2, 0.25) is 0 Å². The largest absolute Gasteiger partial charge is 0.314 e. The Balaban J connectivity index is 2.60. The van der Waals surface area contributed by atoms with Crippen LogP contribution in [0.1, 0.15) is 65.1 Å². The van der Waals surface area contributed by atoms with Crippen molar-refractivity contribution in [3.8, 4) is 0 Å². The fourth-order valence-electron chi connectivity index (χ4n) is 2.40. The zero-order valence-electron chi connectivity index (χ0n) is 12.7. The summed E-state index contributed by atoms with van der Waals surface area (Å²) in [7, 11) is 0. The minimum Gasteiger partial charge on any atom is -0.314 e. The maximum absolute atomic E-state index is 4.45. The van der Waals surface area contributed by atoms with Crippen LogP contribution in [-0.4, -0.2) is 22.4 Å². The molecule has 1 unspecified atom stereocenters. The van der Waals surface area contributed by atoms with Gasteiger partial charge in [0.15, 0.2) is 0 Å². The summed E-state index contributed by atoms with van der Waals surface area (Å²) < 4.78 is 3.28. The highest BCUT2D eigenvalue weighted by Crippen LogP contribution is 2.22. The van der Waals surface area contributed by atoms with E-state index in [2.05, 4.69) is 58.7 Å². The van der Waals surface area contributed by atoms with Crippen LogP contribution in [0, 0.1) is 0 Å². The second-order valence-corrected chi connectivity index (χ2v) is 6.31. The number of aromatic nitrogens is 2. The van der Waals surface area contributed by atoms with Gasteiger partial charge in [0.05, 0.1) is 16.4 Å². The average molecular weight is 330 g/mol. The third-order valence-corrected chi connectivity index (χ3v) is 4.05. The lowest BCUT2D eigenvalue weighted by molar-refractivity contribution is 0.434. The van der Waals surface area contributed by atoms with E-state index < -0.39 is 0 Å². The summed E-state index contributed by atoms with van der Waals surface area (Å²) >= 11 is 3.62. The Morgan fingerprint density at radius 2 is 2.00 bits per heavy atom. The van der Waals surface area contributed by atoms with Gasteiger partial charge in [0.25, 0.3) is 0 Å². The van der Waals surface area contributed by atoms with Crippen molar-refractivity contribution in [2.45, 2.75) is 71.9 Å². The van der Waals surface area contributed by atoms with Crippen molar-refractivity contribution in [1.29, 1.82) is 0 Å². The van der Waals surface area contributed by atoms with Gasteiger partial charge in [-0.3, -0.25) is 4.68 Å². The molecule has 0 radical (unpaired) electrons. The van der Waals surface area contributed by atoms with E-state index >= 15 is 0 Å². The molecule has 1 N–H and O–H groups in total. The number of hydrogen-bond acceptors (Lipinski definition) is 2. The summed E-state index contributed by atoms with van der Waals surface area (Å²) in [6.45, 7) is 9.97. The van der Waals surface area contributed by atoms with E-state index in [0.29, 0.717) is 12.1 Å². The Labute approximate surface area is 126 Å². The fourth-order valence-corrected chi connectivity index (χ4v) is 2.87. The highest BCUT2D eigenvalue weighted by molar-refractivity contribution is 9.10. The summed E-state index contributed by atoms with van der Waals surface area (Å²) in [6, 6.07) is 1.06. The van der Waals surface area contributed by atoms with E-state index in [9.17, 15) is 0 Å². The lowest BCUT2D eigenvalue weighted by Gasteiger charge is -2.19. The lowest BCUT2D eigenvalue weighted by Crippen LogP contribution is -2.30. The van der Waals surface area contributed by atoms with Crippen LogP contribution in [-0.2, 0) is 6.42 Å². The number of halogens is 1. The molecule has 110 valence electrons. The maximum Gasteiger partial charge on any atom is 0.0635 e. The third kappa shape index (κ3) is 5.27. The molecule has 3 nitrogen and oxygen atoms in total. The number of hydrogen-bond donors (Lipinski definition) is 1. The maximum atomic E-state index is 4.45. The molecule has 1 aromatic rings. The van der Waals surface area contributed by atoms with Gasteiger partial charge in [-0.05, 0) is 62.0 Å². The minimum absolute atomic E-state index is 0.425. The van der Waals surface area contributed by atoms with E-state index in [1.54, 1.807) is 0 Å². The summed E-state index contributed by atoms with van der Waals surface area (Å²) in [5, 5.41) is 8.11. The van der Waals surface area contributed by atoms with Crippen LogP contribution >= 0.6 is 15.9 Å². The highest BCUT2D eigenvalue weighted by atomic mass is 79.9. The van der Waals surface area contributed by atoms with E-state index in [-0.39, 0.29) is 0 Å². The zero-order chi connectivity index (χ0) is 14.3. The molecular formula is C15H28BrN3. The van der Waals surface area contributed by atoms with Gasteiger partial charge in [0.1, 0.15) is 0 Å². The smallest absolute Gasteiger partial charge is 0.0635 e. The molecule has 4 heteroatoms. The van der Waals surface area contributed by atoms with Gasteiger partial charge in [-0.1, -0.05) is 20.3 Å². The number of nitrogens with one attached hydrogen (secondary N) is 1. The second kappa shape index (κ2) is 8.75. The second-order valence-electron chi connectivity index (χ2n) is 5.46. The number of nitrogens with zero attached hydrogens (tertiary/aromatic N) is 2. The van der Waals surface area contributed by atoms with Crippen LogP contribution in [0.2, 0.25) is 0 Å². The zero-order valence-corrected chi connectivity index (χ0v) is 14.3. The first kappa shape index (κ1) is 16.7. The predicted octanol–water partition coefficient (Wildman–Crippen LogP) is 4.33. The summed E-state index contributed by atoms with van der Waals surface area (Å²) in [6.07, 6.45) is 7.89. The molecule has 19 heavy (non-hydrogen) atoms. The molecule has 0 fully saturated rings. The molecule has 0 saturated heterocycles. The van der Waals surface area contributed by atoms with Gasteiger partial charge in [-0.15, -0.1) is 0 Å². The van der Waals surface area contributed by atoms with Crippen molar-refractivity contribution in [1.82, 2.24) is 15.1 Å². The van der Waals surface area contributed by atoms with Crippen LogP contribution in [0.5, 0.6) is 0 Å². The van der Waals surface area contributed by atoms with E-state index in [1.165, 1.54) is 31.4 Å². The van der Waals surface area contributed by atoms with Gasteiger partial charge in [-0.25, -0.2) is 0 Å². The van der Waals surface area contributed by atoms with Gasteiger partial charge >= 0.3 is 0 Å². The van der Waals surface area contributed by atoms with Crippen molar-refractivity contribution in [2.75, 3.05) is 6.54 Å². The SMILES string of the molecule is CCCNC(CCC)CCc1c(Br)cnn1C(C)C. The molecule has 0 aliphatic carbocycles. The third-order valence-electron chi connectivity index (χ3n) is 3.39. The molecular weight excluding hydrogens is 302 g/mol. The van der Waals surface area contributed by atoms with Crippen LogP contribution in [0.4, 0.5) is 0 Å². The molecule has 1 rings (SSSR count). The Morgan fingerprint density at radius 3 is 2.58 bits per heavy atom. The first-order valence-electron chi connectivity index (χ1n) is 7.55. The molecule has 0 spiro atoms. The van der Waals surface area contributed by atoms with Crippen molar-refractivity contribution < 1.29 is 0 Å². The van der Waals surface area contributed by atoms with Crippen molar-refractivity contribution in [3.63, 3.8) is 0 Å². The van der Waals surface area contributed by atoms with E-state index in [0.717, 1.165) is 17.4 Å². The molecule has 1 aromatic heterocycles. The van der Waals surface area contributed by atoms with Gasteiger partial charge in [-0.2, -0.15) is 5.10 Å².